The number of thiophene rings is 1. The van der Waals surface area contributed by atoms with Crippen LogP contribution < -0.4 is 16.0 Å². The van der Waals surface area contributed by atoms with Crippen molar-refractivity contribution in [1.82, 2.24) is 15.3 Å². The van der Waals surface area contributed by atoms with Crippen LogP contribution in [0.1, 0.15) is 0 Å². The molecule has 1 fully saturated rings. The van der Waals surface area contributed by atoms with Crippen LogP contribution in [0, 0.1) is 5.82 Å². The van der Waals surface area contributed by atoms with Gasteiger partial charge in [-0.2, -0.15) is 4.98 Å². The number of nitrogens with zero attached hydrogens (tertiary/aromatic N) is 3. The van der Waals surface area contributed by atoms with Crippen LogP contribution in [0.2, 0.25) is 0 Å². The first-order valence-corrected chi connectivity index (χ1v) is 8.31. The molecule has 1 aliphatic heterocycles. The zero-order valence-corrected chi connectivity index (χ0v) is 13.2. The highest BCUT2D eigenvalue weighted by Crippen LogP contribution is 2.37. The number of fused-ring (bicyclic) bond motifs is 1. The number of piperazine rings is 1. The minimum absolute atomic E-state index is 0.236. The first kappa shape index (κ1) is 14.3. The highest BCUT2D eigenvalue weighted by Gasteiger charge is 2.18. The Morgan fingerprint density at radius 1 is 1.13 bits per heavy atom. The lowest BCUT2D eigenvalue weighted by molar-refractivity contribution is 0.586. The predicted molar refractivity (Wildman–Crippen MR) is 92.3 cm³/mol. The molecule has 0 atom stereocenters. The molecule has 0 bridgehead atoms. The van der Waals surface area contributed by atoms with E-state index in [-0.39, 0.29) is 5.82 Å². The van der Waals surface area contributed by atoms with Crippen LogP contribution >= 0.6 is 11.3 Å². The first-order chi connectivity index (χ1) is 11.2. The Balaban J connectivity index is 1.82. The van der Waals surface area contributed by atoms with Crippen molar-refractivity contribution in [3.63, 3.8) is 0 Å². The number of anilines is 2. The molecule has 1 saturated heterocycles. The van der Waals surface area contributed by atoms with E-state index >= 15 is 0 Å². The third-order valence-corrected chi connectivity index (χ3v) is 5.01. The lowest BCUT2D eigenvalue weighted by Crippen LogP contribution is -2.44. The van der Waals surface area contributed by atoms with E-state index in [0.717, 1.165) is 52.7 Å². The van der Waals surface area contributed by atoms with Crippen LogP contribution in [0.3, 0.4) is 0 Å². The minimum atomic E-state index is -0.236. The Morgan fingerprint density at radius 3 is 2.61 bits per heavy atom. The second kappa shape index (κ2) is 5.75. The Bertz CT molecular complexity index is 840. The number of nitrogens with one attached hydrogen (secondary N) is 1. The van der Waals surface area contributed by atoms with Gasteiger partial charge in [-0.05, 0) is 23.8 Å². The van der Waals surface area contributed by atoms with Gasteiger partial charge in [0.2, 0.25) is 5.95 Å². The Hall–Kier alpha value is -2.25. The van der Waals surface area contributed by atoms with E-state index in [4.69, 9.17) is 5.73 Å². The molecule has 0 spiro atoms. The molecule has 3 aromatic rings. The number of nitrogens with two attached hydrogens (primary N) is 1. The third-order valence-electron chi connectivity index (χ3n) is 3.94. The van der Waals surface area contributed by atoms with Gasteiger partial charge in [-0.15, -0.1) is 11.3 Å². The maximum absolute atomic E-state index is 13.1. The van der Waals surface area contributed by atoms with Gasteiger partial charge in [0.15, 0.2) is 0 Å². The molecule has 1 aromatic carbocycles. The quantitative estimate of drug-likeness (QED) is 0.756. The second-order valence-electron chi connectivity index (χ2n) is 5.48. The van der Waals surface area contributed by atoms with Gasteiger partial charge in [-0.25, -0.2) is 9.37 Å². The van der Waals surface area contributed by atoms with Crippen molar-refractivity contribution in [3.8, 4) is 10.4 Å². The molecule has 1 aliphatic rings. The van der Waals surface area contributed by atoms with Gasteiger partial charge in [0.25, 0.3) is 0 Å². The number of hydrogen-bond donors (Lipinski definition) is 2. The van der Waals surface area contributed by atoms with Gasteiger partial charge < -0.3 is 16.0 Å². The highest BCUT2D eigenvalue weighted by molar-refractivity contribution is 7.21. The van der Waals surface area contributed by atoms with E-state index in [0.29, 0.717) is 5.95 Å². The van der Waals surface area contributed by atoms with E-state index in [1.54, 1.807) is 23.5 Å². The molecule has 0 aliphatic carbocycles. The van der Waals surface area contributed by atoms with Crippen molar-refractivity contribution >= 4 is 33.3 Å². The first-order valence-electron chi connectivity index (χ1n) is 7.49. The minimum Gasteiger partial charge on any atom is -0.368 e. The van der Waals surface area contributed by atoms with Crippen molar-refractivity contribution in [1.29, 1.82) is 0 Å². The molecular weight excluding hydrogens is 313 g/mol. The lowest BCUT2D eigenvalue weighted by Gasteiger charge is -2.28. The van der Waals surface area contributed by atoms with Gasteiger partial charge in [-0.3, -0.25) is 0 Å². The van der Waals surface area contributed by atoms with Gasteiger partial charge in [0.1, 0.15) is 16.5 Å². The number of nitrogen functional groups attached to an aromatic ring is 1. The second-order valence-corrected chi connectivity index (χ2v) is 6.51. The van der Waals surface area contributed by atoms with E-state index < -0.39 is 0 Å². The molecule has 7 heteroatoms. The predicted octanol–water partition coefficient (Wildman–Crippen LogP) is 2.49. The summed E-state index contributed by atoms with van der Waals surface area (Å²) in [6, 6.07) is 8.57. The van der Waals surface area contributed by atoms with Crippen LogP contribution in [0.5, 0.6) is 0 Å². The SMILES string of the molecule is Nc1nc(N2CCNCC2)c2cc(-c3ccc(F)cc3)sc2n1. The van der Waals surface area contributed by atoms with Crippen molar-refractivity contribution < 1.29 is 4.39 Å². The lowest BCUT2D eigenvalue weighted by atomic mass is 10.1. The summed E-state index contributed by atoms with van der Waals surface area (Å²) in [7, 11) is 0. The normalized spacial score (nSPS) is 15.3. The number of rotatable bonds is 2. The summed E-state index contributed by atoms with van der Waals surface area (Å²) in [5.74, 6) is 0.942. The Kier molecular flexibility index (Phi) is 3.59. The van der Waals surface area contributed by atoms with Crippen LogP contribution in [0.15, 0.2) is 30.3 Å². The zero-order valence-electron chi connectivity index (χ0n) is 12.4. The number of hydrogen-bond acceptors (Lipinski definition) is 6. The topological polar surface area (TPSA) is 67.1 Å². The van der Waals surface area contributed by atoms with Crippen LogP contribution in [0.25, 0.3) is 20.7 Å². The van der Waals surface area contributed by atoms with E-state index in [2.05, 4.69) is 26.3 Å². The fraction of sp³-hybridized carbons (Fsp3) is 0.250. The van der Waals surface area contributed by atoms with Crippen molar-refractivity contribution in [2.75, 3.05) is 36.8 Å². The summed E-state index contributed by atoms with van der Waals surface area (Å²) in [6.45, 7) is 3.65. The summed E-state index contributed by atoms with van der Waals surface area (Å²) in [5.41, 5.74) is 6.86. The van der Waals surface area contributed by atoms with Crippen LogP contribution in [-0.4, -0.2) is 36.1 Å². The number of halogens is 1. The summed E-state index contributed by atoms with van der Waals surface area (Å²) >= 11 is 1.55. The smallest absolute Gasteiger partial charge is 0.223 e. The van der Waals surface area contributed by atoms with Gasteiger partial charge in [-0.1, -0.05) is 12.1 Å². The summed E-state index contributed by atoms with van der Waals surface area (Å²) < 4.78 is 13.1. The fourth-order valence-electron chi connectivity index (χ4n) is 2.80. The molecule has 3 N–H and O–H groups in total. The molecule has 0 amide bonds. The van der Waals surface area contributed by atoms with Crippen molar-refractivity contribution in [3.05, 3.63) is 36.1 Å². The van der Waals surface area contributed by atoms with Crippen LogP contribution in [0.4, 0.5) is 16.2 Å². The standard InChI is InChI=1S/C16H16FN5S/c17-11-3-1-10(2-4-11)13-9-12-14(22-7-5-19-6-8-22)20-16(18)21-15(12)23-13/h1-4,9,19H,5-8H2,(H2,18,20,21). The van der Waals surface area contributed by atoms with E-state index in [9.17, 15) is 4.39 Å². The number of aromatic nitrogens is 2. The maximum atomic E-state index is 13.1. The molecular formula is C16H16FN5S. The van der Waals surface area contributed by atoms with E-state index in [1.165, 1.54) is 12.1 Å². The van der Waals surface area contributed by atoms with Gasteiger partial charge in [0, 0.05) is 31.1 Å². The third kappa shape index (κ3) is 2.73. The monoisotopic (exact) mass is 329 g/mol. The largest absolute Gasteiger partial charge is 0.368 e. The summed E-state index contributed by atoms with van der Waals surface area (Å²) in [6.07, 6.45) is 0. The van der Waals surface area contributed by atoms with Crippen molar-refractivity contribution in [2.24, 2.45) is 0 Å². The maximum Gasteiger partial charge on any atom is 0.223 e. The van der Waals surface area contributed by atoms with Gasteiger partial charge in [0.05, 0.1) is 5.39 Å². The molecule has 23 heavy (non-hydrogen) atoms. The van der Waals surface area contributed by atoms with Crippen LogP contribution in [-0.2, 0) is 0 Å². The van der Waals surface area contributed by atoms with E-state index in [1.807, 2.05) is 0 Å². The van der Waals surface area contributed by atoms with Gasteiger partial charge >= 0.3 is 0 Å². The molecule has 0 radical (unpaired) electrons. The summed E-state index contributed by atoms with van der Waals surface area (Å²) in [5, 5.41) is 4.34. The molecule has 118 valence electrons. The average molecular weight is 329 g/mol. The Labute approximate surface area is 137 Å². The zero-order chi connectivity index (χ0) is 15.8. The highest BCUT2D eigenvalue weighted by atomic mass is 32.1. The molecule has 5 nitrogen and oxygen atoms in total. The fourth-order valence-corrected chi connectivity index (χ4v) is 3.83. The molecule has 2 aromatic heterocycles. The van der Waals surface area contributed by atoms with Crippen molar-refractivity contribution in [2.45, 2.75) is 0 Å². The summed E-state index contributed by atoms with van der Waals surface area (Å²) in [4.78, 5) is 13.0. The molecule has 3 heterocycles. The average Bonchev–Trinajstić information content (AvgIpc) is 2.99. The number of benzene rings is 1. The Morgan fingerprint density at radius 2 is 1.87 bits per heavy atom. The molecule has 0 saturated carbocycles. The molecule has 4 rings (SSSR count). The molecule has 0 unspecified atom stereocenters.